The molecule has 0 amide bonds. The topological polar surface area (TPSA) is 56.4 Å². The highest BCUT2D eigenvalue weighted by molar-refractivity contribution is 6.33. The molecule has 0 aliphatic heterocycles. The summed E-state index contributed by atoms with van der Waals surface area (Å²) in [5.74, 6) is 0. The molecule has 0 radical (unpaired) electrons. The lowest BCUT2D eigenvalue weighted by Gasteiger charge is -1.95. The molecule has 3 nitrogen and oxygen atoms in total. The highest BCUT2D eigenvalue weighted by Gasteiger charge is 1.98. The molecule has 1 rings (SSSR count). The van der Waals surface area contributed by atoms with Crippen molar-refractivity contribution in [3.05, 3.63) is 34.3 Å². The van der Waals surface area contributed by atoms with Gasteiger partial charge < -0.3 is 5.21 Å². The Balaban J connectivity index is 3.14. The van der Waals surface area contributed by atoms with Crippen molar-refractivity contribution in [3.8, 4) is 6.07 Å². The minimum absolute atomic E-state index is 0.395. The van der Waals surface area contributed by atoms with Crippen molar-refractivity contribution in [1.82, 2.24) is 0 Å². The lowest BCUT2D eigenvalue weighted by Crippen LogP contribution is -1.84. The Morgan fingerprint density at radius 3 is 2.83 bits per heavy atom. The van der Waals surface area contributed by atoms with Gasteiger partial charge in [-0.1, -0.05) is 22.8 Å². The van der Waals surface area contributed by atoms with Crippen LogP contribution in [0.15, 0.2) is 23.4 Å². The standard InChI is InChI=1S/C8H5ClN2O/c9-8-3-6(4-10)1-2-7(8)5-11-12/h1-3,5,12H/b11-5+. The number of nitrogens with zero attached hydrogens (tertiary/aromatic N) is 2. The van der Waals surface area contributed by atoms with Crippen LogP contribution >= 0.6 is 11.6 Å². The zero-order valence-electron chi connectivity index (χ0n) is 6.03. The average molecular weight is 181 g/mol. The second-order valence-electron chi connectivity index (χ2n) is 2.09. The zero-order valence-corrected chi connectivity index (χ0v) is 6.78. The minimum Gasteiger partial charge on any atom is -0.411 e. The molecule has 0 spiro atoms. The Morgan fingerprint density at radius 2 is 2.33 bits per heavy atom. The van der Waals surface area contributed by atoms with E-state index >= 15 is 0 Å². The summed E-state index contributed by atoms with van der Waals surface area (Å²) in [6, 6.07) is 6.67. The number of rotatable bonds is 1. The van der Waals surface area contributed by atoms with E-state index in [1.165, 1.54) is 12.3 Å². The Bertz CT molecular complexity index is 355. The van der Waals surface area contributed by atoms with Gasteiger partial charge >= 0.3 is 0 Å². The van der Waals surface area contributed by atoms with Crippen molar-refractivity contribution < 1.29 is 5.21 Å². The molecular formula is C8H5ClN2O. The molecule has 0 aliphatic carbocycles. The zero-order chi connectivity index (χ0) is 8.97. The first kappa shape index (κ1) is 8.57. The van der Waals surface area contributed by atoms with E-state index in [9.17, 15) is 0 Å². The van der Waals surface area contributed by atoms with Crippen molar-refractivity contribution in [1.29, 1.82) is 5.26 Å². The molecule has 0 fully saturated rings. The number of hydrogen-bond acceptors (Lipinski definition) is 3. The summed E-state index contributed by atoms with van der Waals surface area (Å²) in [5, 5.41) is 19.9. The van der Waals surface area contributed by atoms with Gasteiger partial charge in [0, 0.05) is 5.56 Å². The second kappa shape index (κ2) is 3.74. The molecule has 4 heteroatoms. The minimum atomic E-state index is 0.395. The summed E-state index contributed by atoms with van der Waals surface area (Å²) in [6.07, 6.45) is 1.21. The molecule has 0 saturated carbocycles. The molecule has 0 heterocycles. The van der Waals surface area contributed by atoms with Crippen LogP contribution in [0.25, 0.3) is 0 Å². The van der Waals surface area contributed by atoms with Crippen LogP contribution in [-0.4, -0.2) is 11.4 Å². The van der Waals surface area contributed by atoms with Gasteiger partial charge in [0.25, 0.3) is 0 Å². The Labute approximate surface area is 74.5 Å². The fraction of sp³-hybridized carbons (Fsp3) is 0. The largest absolute Gasteiger partial charge is 0.411 e. The maximum Gasteiger partial charge on any atom is 0.0992 e. The van der Waals surface area contributed by atoms with Gasteiger partial charge in [-0.3, -0.25) is 0 Å². The first-order chi connectivity index (χ1) is 5.77. The fourth-order valence-corrected chi connectivity index (χ4v) is 0.993. The molecule has 0 aliphatic rings. The second-order valence-corrected chi connectivity index (χ2v) is 2.50. The molecule has 0 aromatic heterocycles. The average Bonchev–Trinajstić information content (AvgIpc) is 2.09. The summed E-state index contributed by atoms with van der Waals surface area (Å²) in [6.45, 7) is 0. The quantitative estimate of drug-likeness (QED) is 0.408. The Morgan fingerprint density at radius 1 is 1.58 bits per heavy atom. The van der Waals surface area contributed by atoms with E-state index in [0.717, 1.165) is 0 Å². The van der Waals surface area contributed by atoms with Crippen molar-refractivity contribution >= 4 is 17.8 Å². The third-order valence-electron chi connectivity index (χ3n) is 1.33. The van der Waals surface area contributed by atoms with Gasteiger partial charge in [0.2, 0.25) is 0 Å². The first-order valence-corrected chi connectivity index (χ1v) is 3.53. The molecular weight excluding hydrogens is 176 g/mol. The van der Waals surface area contributed by atoms with Crippen LogP contribution in [0.3, 0.4) is 0 Å². The molecule has 12 heavy (non-hydrogen) atoms. The summed E-state index contributed by atoms with van der Waals surface area (Å²) in [5.41, 5.74) is 1.06. The van der Waals surface area contributed by atoms with Crippen LogP contribution in [0.1, 0.15) is 11.1 Å². The molecule has 1 N–H and O–H groups in total. The van der Waals surface area contributed by atoms with E-state index in [-0.39, 0.29) is 0 Å². The lowest BCUT2D eigenvalue weighted by molar-refractivity contribution is 0.322. The SMILES string of the molecule is N#Cc1ccc(/C=N/O)c(Cl)c1. The van der Waals surface area contributed by atoms with Gasteiger partial charge in [0.15, 0.2) is 0 Å². The monoisotopic (exact) mass is 180 g/mol. The van der Waals surface area contributed by atoms with Crippen molar-refractivity contribution in [2.45, 2.75) is 0 Å². The third kappa shape index (κ3) is 1.74. The molecule has 0 unspecified atom stereocenters. The van der Waals surface area contributed by atoms with Gasteiger partial charge in [-0.2, -0.15) is 5.26 Å². The van der Waals surface area contributed by atoms with Crippen molar-refractivity contribution in [2.24, 2.45) is 5.16 Å². The number of halogens is 1. The van der Waals surface area contributed by atoms with Gasteiger partial charge in [-0.05, 0) is 12.1 Å². The fourth-order valence-electron chi connectivity index (χ4n) is 0.764. The van der Waals surface area contributed by atoms with E-state index in [0.29, 0.717) is 16.1 Å². The smallest absolute Gasteiger partial charge is 0.0992 e. The van der Waals surface area contributed by atoms with E-state index in [2.05, 4.69) is 5.16 Å². The lowest BCUT2D eigenvalue weighted by atomic mass is 10.2. The maximum atomic E-state index is 8.49. The Kier molecular flexibility index (Phi) is 2.67. The van der Waals surface area contributed by atoms with Crippen molar-refractivity contribution in [2.75, 3.05) is 0 Å². The highest BCUT2D eigenvalue weighted by atomic mass is 35.5. The predicted octanol–water partition coefficient (Wildman–Crippen LogP) is 2.02. The normalized spacial score (nSPS) is 10.0. The number of benzene rings is 1. The van der Waals surface area contributed by atoms with Gasteiger partial charge in [0.1, 0.15) is 0 Å². The molecule has 0 atom stereocenters. The Hall–Kier alpha value is -1.53. The van der Waals surface area contributed by atoms with Gasteiger partial charge in [0.05, 0.1) is 22.9 Å². The van der Waals surface area contributed by atoms with Crippen molar-refractivity contribution in [3.63, 3.8) is 0 Å². The van der Waals surface area contributed by atoms with Gasteiger partial charge in [-0.15, -0.1) is 0 Å². The summed E-state index contributed by atoms with van der Waals surface area (Å²) >= 11 is 5.73. The molecule has 0 bridgehead atoms. The molecule has 1 aromatic carbocycles. The number of nitriles is 1. The predicted molar refractivity (Wildman–Crippen MR) is 45.5 cm³/mol. The van der Waals surface area contributed by atoms with Gasteiger partial charge in [-0.25, -0.2) is 0 Å². The molecule has 0 saturated heterocycles. The summed E-state index contributed by atoms with van der Waals surface area (Å²) in [4.78, 5) is 0. The number of hydrogen-bond donors (Lipinski definition) is 1. The first-order valence-electron chi connectivity index (χ1n) is 3.15. The van der Waals surface area contributed by atoms with Crippen LogP contribution in [0.4, 0.5) is 0 Å². The highest BCUT2D eigenvalue weighted by Crippen LogP contribution is 2.15. The van der Waals surface area contributed by atoms with Crippen LogP contribution in [0, 0.1) is 11.3 Å². The number of oxime groups is 1. The van der Waals surface area contributed by atoms with E-state index in [1.807, 2.05) is 6.07 Å². The van der Waals surface area contributed by atoms with E-state index in [1.54, 1.807) is 12.1 Å². The third-order valence-corrected chi connectivity index (χ3v) is 1.65. The summed E-state index contributed by atoms with van der Waals surface area (Å²) in [7, 11) is 0. The summed E-state index contributed by atoms with van der Waals surface area (Å²) < 4.78 is 0. The van der Waals surface area contributed by atoms with Crippen LogP contribution in [0.2, 0.25) is 5.02 Å². The molecule has 1 aromatic rings. The van der Waals surface area contributed by atoms with E-state index in [4.69, 9.17) is 22.1 Å². The van der Waals surface area contributed by atoms with Crippen LogP contribution in [0.5, 0.6) is 0 Å². The van der Waals surface area contributed by atoms with Crippen LogP contribution in [-0.2, 0) is 0 Å². The van der Waals surface area contributed by atoms with E-state index < -0.39 is 0 Å². The molecule has 60 valence electrons. The maximum absolute atomic E-state index is 8.49. The van der Waals surface area contributed by atoms with Crippen LogP contribution < -0.4 is 0 Å².